The minimum absolute atomic E-state index is 0.167. The van der Waals surface area contributed by atoms with Gasteiger partial charge in [0.1, 0.15) is 6.07 Å². The first-order valence-corrected chi connectivity index (χ1v) is 6.64. The van der Waals surface area contributed by atoms with Crippen LogP contribution in [0.4, 0.5) is 5.69 Å². The Morgan fingerprint density at radius 1 is 1.53 bits per heavy atom. The van der Waals surface area contributed by atoms with Crippen molar-refractivity contribution in [2.24, 2.45) is 0 Å². The van der Waals surface area contributed by atoms with E-state index in [1.807, 2.05) is 0 Å². The van der Waals surface area contributed by atoms with Crippen LogP contribution in [0.25, 0.3) is 0 Å². The Morgan fingerprint density at radius 3 is 2.84 bits per heavy atom. The molecule has 1 aliphatic rings. The zero-order valence-corrected chi connectivity index (χ0v) is 11.3. The summed E-state index contributed by atoms with van der Waals surface area (Å²) in [7, 11) is 0. The van der Waals surface area contributed by atoms with Crippen LogP contribution in [-0.4, -0.2) is 23.2 Å². The van der Waals surface area contributed by atoms with Crippen LogP contribution in [0, 0.1) is 11.3 Å². The van der Waals surface area contributed by atoms with E-state index in [4.69, 9.17) is 5.11 Å². The second kappa shape index (κ2) is 5.31. The first kappa shape index (κ1) is 13.4. The van der Waals surface area contributed by atoms with Gasteiger partial charge in [-0.2, -0.15) is 5.26 Å². The van der Waals surface area contributed by atoms with Gasteiger partial charge in [0.25, 0.3) is 0 Å². The first-order valence-electron chi connectivity index (χ1n) is 6.64. The molecule has 19 heavy (non-hydrogen) atoms. The van der Waals surface area contributed by atoms with Gasteiger partial charge in [-0.3, -0.25) is 0 Å². The van der Waals surface area contributed by atoms with Crippen molar-refractivity contribution in [3.05, 3.63) is 29.3 Å². The summed E-state index contributed by atoms with van der Waals surface area (Å²) in [5.74, 6) is -0.996. The van der Waals surface area contributed by atoms with Crippen molar-refractivity contribution in [2.75, 3.05) is 4.90 Å². The predicted molar refractivity (Wildman–Crippen MR) is 73.4 cm³/mol. The number of carboxylic acids is 1. The summed E-state index contributed by atoms with van der Waals surface area (Å²) in [4.78, 5) is 13.2. The van der Waals surface area contributed by atoms with E-state index in [-0.39, 0.29) is 5.56 Å². The van der Waals surface area contributed by atoms with Crippen LogP contribution in [-0.2, 0) is 0 Å². The number of aromatic carboxylic acids is 1. The number of rotatable bonds is 3. The number of benzene rings is 1. The molecule has 0 saturated carbocycles. The van der Waals surface area contributed by atoms with E-state index in [0.717, 1.165) is 24.9 Å². The van der Waals surface area contributed by atoms with E-state index in [2.05, 4.69) is 24.8 Å². The second-order valence-electron chi connectivity index (χ2n) is 5.04. The molecule has 1 saturated heterocycles. The zero-order valence-electron chi connectivity index (χ0n) is 11.3. The summed E-state index contributed by atoms with van der Waals surface area (Å²) in [6.45, 7) is 4.30. The molecule has 0 amide bonds. The van der Waals surface area contributed by atoms with Crippen molar-refractivity contribution in [3.8, 4) is 6.07 Å². The molecule has 2 atom stereocenters. The molecule has 2 unspecified atom stereocenters. The fourth-order valence-electron chi connectivity index (χ4n) is 2.89. The van der Waals surface area contributed by atoms with Gasteiger partial charge in [-0.25, -0.2) is 4.79 Å². The molecule has 0 aliphatic carbocycles. The summed E-state index contributed by atoms with van der Waals surface area (Å²) in [6.07, 6.45) is 3.28. The third kappa shape index (κ3) is 2.41. The highest BCUT2D eigenvalue weighted by molar-refractivity contribution is 5.89. The maximum Gasteiger partial charge on any atom is 0.335 e. The predicted octanol–water partition coefficient (Wildman–Crippen LogP) is 3.02. The summed E-state index contributed by atoms with van der Waals surface area (Å²) in [6, 6.07) is 7.78. The molecule has 0 aromatic heterocycles. The summed E-state index contributed by atoms with van der Waals surface area (Å²) >= 11 is 0. The largest absolute Gasteiger partial charge is 0.478 e. The number of anilines is 1. The van der Waals surface area contributed by atoms with Crippen LogP contribution in [0.15, 0.2) is 18.2 Å². The molecular weight excluding hydrogens is 240 g/mol. The highest BCUT2D eigenvalue weighted by atomic mass is 16.4. The van der Waals surface area contributed by atoms with Gasteiger partial charge in [-0.15, -0.1) is 0 Å². The number of nitrogens with zero attached hydrogens (tertiary/aromatic N) is 2. The molecule has 1 N–H and O–H groups in total. The molecule has 1 aromatic rings. The normalized spacial score (nSPS) is 22.3. The Morgan fingerprint density at radius 2 is 2.26 bits per heavy atom. The number of carboxylic acid groups (broad SMARTS) is 1. The molecule has 0 radical (unpaired) electrons. The highest BCUT2D eigenvalue weighted by Crippen LogP contribution is 2.34. The average Bonchev–Trinajstić information content (AvgIpc) is 2.78. The molecule has 1 heterocycles. The van der Waals surface area contributed by atoms with Gasteiger partial charge in [-0.05, 0) is 44.4 Å². The first-order chi connectivity index (χ1) is 9.08. The molecule has 4 heteroatoms. The maximum absolute atomic E-state index is 11.0. The van der Waals surface area contributed by atoms with Crippen molar-refractivity contribution in [2.45, 2.75) is 45.2 Å². The molecule has 1 aromatic carbocycles. The molecule has 4 nitrogen and oxygen atoms in total. The summed E-state index contributed by atoms with van der Waals surface area (Å²) in [5, 5.41) is 18.2. The Hall–Kier alpha value is -2.02. The minimum Gasteiger partial charge on any atom is -0.478 e. The van der Waals surface area contributed by atoms with Gasteiger partial charge in [0.2, 0.25) is 0 Å². The van der Waals surface area contributed by atoms with Crippen molar-refractivity contribution in [1.29, 1.82) is 5.26 Å². The standard InChI is InChI=1S/C15H18N2O2/c1-3-13-6-4-10(2)17(13)14-7-5-11(15(18)19)8-12(14)9-16/h5,7-8,10,13H,3-4,6H2,1-2H3,(H,18,19). The number of nitriles is 1. The quantitative estimate of drug-likeness (QED) is 0.905. The van der Waals surface area contributed by atoms with E-state index in [9.17, 15) is 10.1 Å². The van der Waals surface area contributed by atoms with Crippen molar-refractivity contribution < 1.29 is 9.90 Å². The number of hydrogen-bond donors (Lipinski definition) is 1. The van der Waals surface area contributed by atoms with Crippen molar-refractivity contribution in [3.63, 3.8) is 0 Å². The van der Waals surface area contributed by atoms with Crippen LogP contribution in [0.3, 0.4) is 0 Å². The van der Waals surface area contributed by atoms with E-state index in [1.165, 1.54) is 6.07 Å². The molecular formula is C15H18N2O2. The molecule has 1 aliphatic heterocycles. The van der Waals surface area contributed by atoms with Crippen LogP contribution in [0.5, 0.6) is 0 Å². The van der Waals surface area contributed by atoms with E-state index in [1.54, 1.807) is 12.1 Å². The van der Waals surface area contributed by atoms with Gasteiger partial charge < -0.3 is 10.0 Å². The molecule has 1 fully saturated rings. The number of carbonyl (C=O) groups is 1. The third-order valence-electron chi connectivity index (χ3n) is 3.90. The van der Waals surface area contributed by atoms with E-state index < -0.39 is 5.97 Å². The van der Waals surface area contributed by atoms with Crippen LogP contribution in [0.2, 0.25) is 0 Å². The van der Waals surface area contributed by atoms with Crippen LogP contribution in [0.1, 0.15) is 49.0 Å². The second-order valence-corrected chi connectivity index (χ2v) is 5.04. The van der Waals surface area contributed by atoms with Gasteiger partial charge in [0.15, 0.2) is 0 Å². The Bertz CT molecular complexity index is 533. The SMILES string of the molecule is CCC1CCC(C)N1c1ccc(C(=O)O)cc1C#N. The fraction of sp³-hybridized carbons (Fsp3) is 0.467. The molecule has 2 rings (SSSR count). The lowest BCUT2D eigenvalue weighted by atomic mass is 10.1. The van der Waals surface area contributed by atoms with Gasteiger partial charge in [-0.1, -0.05) is 6.92 Å². The third-order valence-corrected chi connectivity index (χ3v) is 3.90. The van der Waals surface area contributed by atoms with Crippen LogP contribution < -0.4 is 4.90 Å². The Kier molecular flexibility index (Phi) is 3.75. The zero-order chi connectivity index (χ0) is 14.0. The lowest BCUT2D eigenvalue weighted by molar-refractivity contribution is 0.0697. The number of hydrogen-bond acceptors (Lipinski definition) is 3. The van der Waals surface area contributed by atoms with Gasteiger partial charge >= 0.3 is 5.97 Å². The topological polar surface area (TPSA) is 64.3 Å². The fourth-order valence-corrected chi connectivity index (χ4v) is 2.89. The van der Waals surface area contributed by atoms with Crippen LogP contribution >= 0.6 is 0 Å². The molecule has 0 bridgehead atoms. The average molecular weight is 258 g/mol. The summed E-state index contributed by atoms with van der Waals surface area (Å²) < 4.78 is 0. The Balaban J connectivity index is 2.44. The molecule has 100 valence electrons. The smallest absolute Gasteiger partial charge is 0.335 e. The van der Waals surface area contributed by atoms with Crippen molar-refractivity contribution >= 4 is 11.7 Å². The molecule has 0 spiro atoms. The van der Waals surface area contributed by atoms with Gasteiger partial charge in [0.05, 0.1) is 16.8 Å². The summed E-state index contributed by atoms with van der Waals surface area (Å²) in [5.41, 5.74) is 1.48. The highest BCUT2D eigenvalue weighted by Gasteiger charge is 2.31. The van der Waals surface area contributed by atoms with E-state index in [0.29, 0.717) is 17.6 Å². The maximum atomic E-state index is 11.0. The van der Waals surface area contributed by atoms with Gasteiger partial charge in [0, 0.05) is 12.1 Å². The monoisotopic (exact) mass is 258 g/mol. The lowest BCUT2D eigenvalue weighted by Crippen LogP contribution is -2.34. The van der Waals surface area contributed by atoms with E-state index >= 15 is 0 Å². The Labute approximate surface area is 113 Å². The lowest BCUT2D eigenvalue weighted by Gasteiger charge is -2.31. The minimum atomic E-state index is -0.996. The van der Waals surface area contributed by atoms with Crippen molar-refractivity contribution in [1.82, 2.24) is 0 Å².